The summed E-state index contributed by atoms with van der Waals surface area (Å²) in [5.41, 5.74) is 0.563. The molecule has 4 rings (SSSR count). The maximum Gasteiger partial charge on any atom is 0.335 e. The molecule has 27 heavy (non-hydrogen) atoms. The van der Waals surface area contributed by atoms with Gasteiger partial charge in [-0.1, -0.05) is 12.5 Å². The number of carbonyl (C=O) groups is 2. The van der Waals surface area contributed by atoms with E-state index in [1.54, 1.807) is 12.1 Å². The van der Waals surface area contributed by atoms with Crippen molar-refractivity contribution in [3.8, 4) is 0 Å². The van der Waals surface area contributed by atoms with Gasteiger partial charge >= 0.3 is 5.97 Å². The molecule has 1 amide bonds. The first-order valence-corrected chi connectivity index (χ1v) is 9.68. The number of carboxylic acid groups (broad SMARTS) is 1. The van der Waals surface area contributed by atoms with E-state index >= 15 is 0 Å². The van der Waals surface area contributed by atoms with Crippen molar-refractivity contribution in [3.05, 3.63) is 47.0 Å². The van der Waals surface area contributed by atoms with E-state index in [9.17, 15) is 9.59 Å². The van der Waals surface area contributed by atoms with Crippen LogP contribution in [0.25, 0.3) is 0 Å². The lowest BCUT2D eigenvalue weighted by molar-refractivity contribution is 0.0697. The summed E-state index contributed by atoms with van der Waals surface area (Å²) in [6.07, 6.45) is 6.42. The predicted molar refractivity (Wildman–Crippen MR) is 98.9 cm³/mol. The van der Waals surface area contributed by atoms with Crippen molar-refractivity contribution in [1.29, 1.82) is 0 Å². The molecular formula is C20H24N4O3. The van der Waals surface area contributed by atoms with Gasteiger partial charge in [0.2, 0.25) is 0 Å². The topological polar surface area (TPSA) is 88.3 Å². The van der Waals surface area contributed by atoms with Gasteiger partial charge in [0.15, 0.2) is 0 Å². The Hall–Kier alpha value is -2.70. The van der Waals surface area contributed by atoms with Crippen LogP contribution in [0.2, 0.25) is 0 Å². The first-order valence-electron chi connectivity index (χ1n) is 9.68. The Kier molecular flexibility index (Phi) is 4.92. The van der Waals surface area contributed by atoms with Crippen LogP contribution in [0.4, 0.5) is 0 Å². The number of rotatable bonds is 3. The molecule has 2 aliphatic heterocycles. The summed E-state index contributed by atoms with van der Waals surface area (Å²) in [6, 6.07) is 6.26. The Morgan fingerprint density at radius 3 is 2.74 bits per heavy atom. The molecule has 0 aliphatic carbocycles. The number of likely N-dealkylation sites (tertiary alicyclic amines) is 1. The van der Waals surface area contributed by atoms with Crippen LogP contribution in [0.15, 0.2) is 24.3 Å². The fraction of sp³-hybridized carbons (Fsp3) is 0.500. The van der Waals surface area contributed by atoms with Crippen LogP contribution in [0.3, 0.4) is 0 Å². The fourth-order valence-corrected chi connectivity index (χ4v) is 4.15. The predicted octanol–water partition coefficient (Wildman–Crippen LogP) is 2.72. The second kappa shape index (κ2) is 7.50. The summed E-state index contributed by atoms with van der Waals surface area (Å²) < 4.78 is 2.26. The van der Waals surface area contributed by atoms with E-state index in [4.69, 9.17) is 5.11 Å². The fourth-order valence-electron chi connectivity index (χ4n) is 4.15. The molecule has 142 valence electrons. The van der Waals surface area contributed by atoms with Gasteiger partial charge in [-0.15, -0.1) is 10.2 Å². The number of hydrogen-bond acceptors (Lipinski definition) is 4. The molecule has 2 aromatic rings. The molecule has 2 aliphatic rings. The van der Waals surface area contributed by atoms with Gasteiger partial charge in [0, 0.05) is 37.5 Å². The molecule has 1 atom stereocenters. The Morgan fingerprint density at radius 1 is 1.04 bits per heavy atom. The molecule has 1 unspecified atom stereocenters. The van der Waals surface area contributed by atoms with Gasteiger partial charge in [0.25, 0.3) is 5.91 Å². The second-order valence-electron chi connectivity index (χ2n) is 7.41. The van der Waals surface area contributed by atoms with Crippen LogP contribution in [-0.4, -0.2) is 49.7 Å². The van der Waals surface area contributed by atoms with Crippen molar-refractivity contribution in [2.24, 2.45) is 0 Å². The molecule has 0 bridgehead atoms. The monoisotopic (exact) mass is 368 g/mol. The normalized spacial score (nSPS) is 20.0. The van der Waals surface area contributed by atoms with Crippen molar-refractivity contribution < 1.29 is 14.7 Å². The summed E-state index contributed by atoms with van der Waals surface area (Å²) in [6.45, 7) is 2.25. The van der Waals surface area contributed by atoms with E-state index in [2.05, 4.69) is 14.8 Å². The Bertz CT molecular complexity index is 861. The van der Waals surface area contributed by atoms with Gasteiger partial charge < -0.3 is 14.6 Å². The number of piperidine rings is 1. The van der Waals surface area contributed by atoms with Crippen LogP contribution in [0.1, 0.15) is 70.4 Å². The zero-order valence-electron chi connectivity index (χ0n) is 15.3. The first kappa shape index (κ1) is 17.7. The maximum absolute atomic E-state index is 12.9. The number of nitrogens with zero attached hydrogens (tertiary/aromatic N) is 4. The average Bonchev–Trinajstić information content (AvgIpc) is 2.96. The SMILES string of the molecule is O=C(O)c1cccc(C(=O)N2CCCC(c3nnc4n3CCCCC4)C2)c1. The van der Waals surface area contributed by atoms with Crippen molar-refractivity contribution >= 4 is 11.9 Å². The van der Waals surface area contributed by atoms with Gasteiger partial charge in [-0.25, -0.2) is 4.79 Å². The molecule has 0 saturated carbocycles. The molecule has 3 heterocycles. The number of amides is 1. The van der Waals surface area contributed by atoms with Crippen molar-refractivity contribution in [1.82, 2.24) is 19.7 Å². The maximum atomic E-state index is 12.9. The van der Waals surface area contributed by atoms with Crippen LogP contribution < -0.4 is 0 Å². The van der Waals surface area contributed by atoms with Gasteiger partial charge in [0.05, 0.1) is 5.56 Å². The van der Waals surface area contributed by atoms with Gasteiger partial charge in [-0.2, -0.15) is 0 Å². The highest BCUT2D eigenvalue weighted by atomic mass is 16.4. The molecule has 1 saturated heterocycles. The highest BCUT2D eigenvalue weighted by Gasteiger charge is 2.30. The Morgan fingerprint density at radius 2 is 1.89 bits per heavy atom. The minimum atomic E-state index is -1.02. The number of carboxylic acids is 1. The first-order chi connectivity index (χ1) is 13.1. The number of aryl methyl sites for hydroxylation is 1. The van der Waals surface area contributed by atoms with Crippen molar-refractivity contribution in [2.75, 3.05) is 13.1 Å². The number of hydrogen-bond donors (Lipinski definition) is 1. The molecule has 1 aromatic heterocycles. The number of aromatic nitrogens is 3. The largest absolute Gasteiger partial charge is 0.478 e. The molecule has 0 spiro atoms. The molecule has 7 heteroatoms. The zero-order valence-corrected chi connectivity index (χ0v) is 15.3. The lowest BCUT2D eigenvalue weighted by Crippen LogP contribution is -2.39. The van der Waals surface area contributed by atoms with Crippen LogP contribution in [0, 0.1) is 0 Å². The van der Waals surface area contributed by atoms with Gasteiger partial charge in [-0.3, -0.25) is 4.79 Å². The number of fused-ring (bicyclic) bond motifs is 1. The highest BCUT2D eigenvalue weighted by Crippen LogP contribution is 2.28. The molecule has 1 N–H and O–H groups in total. The average molecular weight is 368 g/mol. The van der Waals surface area contributed by atoms with E-state index in [-0.39, 0.29) is 17.4 Å². The number of carbonyl (C=O) groups excluding carboxylic acids is 1. The Labute approximate surface area is 158 Å². The summed E-state index contributed by atoms with van der Waals surface area (Å²) in [5.74, 6) is 1.12. The van der Waals surface area contributed by atoms with Crippen molar-refractivity contribution in [2.45, 2.75) is 51.0 Å². The minimum absolute atomic E-state index is 0.113. The van der Waals surface area contributed by atoms with E-state index in [1.807, 2.05) is 4.90 Å². The summed E-state index contributed by atoms with van der Waals surface area (Å²) >= 11 is 0. The zero-order chi connectivity index (χ0) is 18.8. The lowest BCUT2D eigenvalue weighted by atomic mass is 9.96. The minimum Gasteiger partial charge on any atom is -0.478 e. The second-order valence-corrected chi connectivity index (χ2v) is 7.41. The number of benzene rings is 1. The van der Waals surface area contributed by atoms with E-state index in [1.165, 1.54) is 18.6 Å². The summed E-state index contributed by atoms with van der Waals surface area (Å²) in [4.78, 5) is 25.9. The quantitative estimate of drug-likeness (QED) is 0.900. The number of aromatic carboxylic acids is 1. The lowest BCUT2D eigenvalue weighted by Gasteiger charge is -2.32. The molecule has 1 aromatic carbocycles. The summed E-state index contributed by atoms with van der Waals surface area (Å²) in [7, 11) is 0. The van der Waals surface area contributed by atoms with Gasteiger partial charge in [0.1, 0.15) is 11.6 Å². The third-order valence-electron chi connectivity index (χ3n) is 5.57. The molecule has 0 radical (unpaired) electrons. The van der Waals surface area contributed by atoms with Gasteiger partial charge in [-0.05, 0) is 43.9 Å². The molecular weight excluding hydrogens is 344 g/mol. The summed E-state index contributed by atoms with van der Waals surface area (Å²) in [5, 5.41) is 18.0. The highest BCUT2D eigenvalue weighted by molar-refractivity contribution is 5.97. The molecule has 7 nitrogen and oxygen atoms in total. The van der Waals surface area contributed by atoms with E-state index in [0.29, 0.717) is 18.7 Å². The van der Waals surface area contributed by atoms with Crippen molar-refractivity contribution in [3.63, 3.8) is 0 Å². The van der Waals surface area contributed by atoms with Crippen LogP contribution in [-0.2, 0) is 13.0 Å². The smallest absolute Gasteiger partial charge is 0.335 e. The standard InChI is InChI=1S/C20H24N4O3/c25-19(14-6-4-7-15(12-14)20(26)27)23-10-5-8-16(13-23)18-22-21-17-9-2-1-3-11-24(17)18/h4,6-7,12,16H,1-3,5,8-11,13H2,(H,26,27). The van der Waals surface area contributed by atoms with E-state index < -0.39 is 5.97 Å². The van der Waals surface area contributed by atoms with Crippen LogP contribution >= 0.6 is 0 Å². The third kappa shape index (κ3) is 3.59. The Balaban J connectivity index is 1.53. The third-order valence-corrected chi connectivity index (χ3v) is 5.57. The van der Waals surface area contributed by atoms with Crippen LogP contribution in [0.5, 0.6) is 0 Å². The molecule has 1 fully saturated rings. The van der Waals surface area contributed by atoms with E-state index in [0.717, 1.165) is 50.3 Å².